The first-order chi connectivity index (χ1) is 8.61. The van der Waals surface area contributed by atoms with Gasteiger partial charge < -0.3 is 5.32 Å². The topological polar surface area (TPSA) is 12.0 Å². The van der Waals surface area contributed by atoms with Crippen LogP contribution < -0.4 is 5.32 Å². The van der Waals surface area contributed by atoms with E-state index in [1.165, 1.54) is 6.07 Å². The van der Waals surface area contributed by atoms with Crippen LogP contribution >= 0.6 is 22.6 Å². The van der Waals surface area contributed by atoms with Crippen LogP contribution in [0.25, 0.3) is 0 Å². The maximum atomic E-state index is 13.8. The lowest BCUT2D eigenvalue weighted by molar-refractivity contribution is 0.558. The molecule has 1 nitrogen and oxygen atoms in total. The van der Waals surface area contributed by atoms with Gasteiger partial charge in [-0.05, 0) is 65.5 Å². The summed E-state index contributed by atoms with van der Waals surface area (Å²) in [6.45, 7) is 0. The molecule has 0 saturated heterocycles. The van der Waals surface area contributed by atoms with Gasteiger partial charge in [0.25, 0.3) is 0 Å². The third-order valence-electron chi connectivity index (χ3n) is 2.74. The van der Waals surface area contributed by atoms with Gasteiger partial charge in [0.05, 0.1) is 6.04 Å². The van der Waals surface area contributed by atoms with Crippen LogP contribution in [0.2, 0.25) is 0 Å². The number of hydrogen-bond donors (Lipinski definition) is 1. The first kappa shape index (κ1) is 13.4. The minimum absolute atomic E-state index is 0.319. The van der Waals surface area contributed by atoms with Gasteiger partial charge in [-0.25, -0.2) is 8.78 Å². The van der Waals surface area contributed by atoms with E-state index < -0.39 is 11.6 Å². The van der Waals surface area contributed by atoms with Crippen molar-refractivity contribution in [2.24, 2.45) is 0 Å². The van der Waals surface area contributed by atoms with Gasteiger partial charge in [0.15, 0.2) is 0 Å². The van der Waals surface area contributed by atoms with Gasteiger partial charge in [0, 0.05) is 9.13 Å². The van der Waals surface area contributed by atoms with Gasteiger partial charge >= 0.3 is 0 Å². The van der Waals surface area contributed by atoms with Gasteiger partial charge in [-0.1, -0.05) is 12.1 Å². The number of hydrogen-bond acceptors (Lipinski definition) is 1. The largest absolute Gasteiger partial charge is 0.309 e. The fourth-order valence-corrected chi connectivity index (χ4v) is 2.49. The maximum Gasteiger partial charge on any atom is 0.128 e. The molecule has 2 aromatic carbocycles. The molecule has 18 heavy (non-hydrogen) atoms. The zero-order chi connectivity index (χ0) is 13.1. The lowest BCUT2D eigenvalue weighted by Crippen LogP contribution is -2.19. The molecule has 94 valence electrons. The third kappa shape index (κ3) is 2.87. The Morgan fingerprint density at radius 3 is 2.56 bits per heavy atom. The van der Waals surface area contributed by atoms with E-state index in [2.05, 4.69) is 27.9 Å². The Hall–Kier alpha value is -1.01. The van der Waals surface area contributed by atoms with Crippen LogP contribution in [-0.4, -0.2) is 7.05 Å². The molecule has 0 aromatic heterocycles. The summed E-state index contributed by atoms with van der Waals surface area (Å²) in [7, 11) is 1.73. The minimum atomic E-state index is -0.433. The van der Waals surface area contributed by atoms with Crippen molar-refractivity contribution in [2.45, 2.75) is 6.04 Å². The minimum Gasteiger partial charge on any atom is -0.309 e. The van der Waals surface area contributed by atoms with E-state index in [4.69, 9.17) is 0 Å². The van der Waals surface area contributed by atoms with Crippen molar-refractivity contribution in [3.05, 3.63) is 68.8 Å². The third-order valence-corrected chi connectivity index (χ3v) is 3.41. The summed E-state index contributed by atoms with van der Waals surface area (Å²) < 4.78 is 28.1. The van der Waals surface area contributed by atoms with Gasteiger partial charge in [0.2, 0.25) is 0 Å². The van der Waals surface area contributed by atoms with Crippen LogP contribution in [-0.2, 0) is 0 Å². The van der Waals surface area contributed by atoms with Gasteiger partial charge in [0.1, 0.15) is 11.6 Å². The molecule has 0 bridgehead atoms. The van der Waals surface area contributed by atoms with Gasteiger partial charge in [-0.15, -0.1) is 0 Å². The monoisotopic (exact) mass is 359 g/mol. The summed E-state index contributed by atoms with van der Waals surface area (Å²) in [5.74, 6) is -0.841. The highest BCUT2D eigenvalue weighted by atomic mass is 127. The molecule has 0 heterocycles. The summed E-state index contributed by atoms with van der Waals surface area (Å²) >= 11 is 2.19. The highest BCUT2D eigenvalue weighted by Crippen LogP contribution is 2.25. The van der Waals surface area contributed by atoms with Crippen molar-refractivity contribution < 1.29 is 8.78 Å². The van der Waals surface area contributed by atoms with Crippen LogP contribution in [0.3, 0.4) is 0 Å². The first-order valence-corrected chi connectivity index (χ1v) is 6.57. The Kier molecular flexibility index (Phi) is 4.29. The quantitative estimate of drug-likeness (QED) is 0.821. The lowest BCUT2D eigenvalue weighted by atomic mass is 9.98. The second-order valence-electron chi connectivity index (χ2n) is 3.94. The van der Waals surface area contributed by atoms with E-state index in [1.54, 1.807) is 7.05 Å². The smallest absolute Gasteiger partial charge is 0.128 e. The van der Waals surface area contributed by atoms with Gasteiger partial charge in [-0.2, -0.15) is 0 Å². The molecule has 0 spiro atoms. The number of benzene rings is 2. The number of rotatable bonds is 3. The average Bonchev–Trinajstić information content (AvgIpc) is 2.35. The summed E-state index contributed by atoms with van der Waals surface area (Å²) in [4.78, 5) is 0. The SMILES string of the molecule is CNC(c1cccc(I)c1)c1cc(F)ccc1F. The van der Waals surface area contributed by atoms with E-state index in [-0.39, 0.29) is 6.04 Å². The first-order valence-electron chi connectivity index (χ1n) is 5.49. The standard InChI is InChI=1S/C14H12F2IN/c1-18-14(9-3-2-4-11(17)7-9)12-8-10(15)5-6-13(12)16/h2-8,14,18H,1H3. The van der Waals surface area contributed by atoms with Crippen LogP contribution in [0.5, 0.6) is 0 Å². The van der Waals surface area contributed by atoms with Crippen LogP contribution in [0.4, 0.5) is 8.78 Å². The molecule has 2 aromatic rings. The van der Waals surface area contributed by atoms with Gasteiger partial charge in [-0.3, -0.25) is 0 Å². The molecule has 4 heteroatoms. The lowest BCUT2D eigenvalue weighted by Gasteiger charge is -2.18. The van der Waals surface area contributed by atoms with Crippen molar-refractivity contribution in [1.82, 2.24) is 5.32 Å². The van der Waals surface area contributed by atoms with Crippen molar-refractivity contribution in [3.8, 4) is 0 Å². The zero-order valence-electron chi connectivity index (χ0n) is 9.75. The van der Waals surface area contributed by atoms with E-state index in [9.17, 15) is 8.78 Å². The summed E-state index contributed by atoms with van der Waals surface area (Å²) in [5, 5.41) is 3.02. The molecule has 0 saturated carbocycles. The Morgan fingerprint density at radius 2 is 1.89 bits per heavy atom. The van der Waals surface area contributed by atoms with E-state index in [0.29, 0.717) is 5.56 Å². The van der Waals surface area contributed by atoms with Crippen molar-refractivity contribution in [1.29, 1.82) is 0 Å². The fraction of sp³-hybridized carbons (Fsp3) is 0.143. The summed E-state index contributed by atoms with van der Waals surface area (Å²) in [6, 6.07) is 10.9. The highest BCUT2D eigenvalue weighted by molar-refractivity contribution is 14.1. The van der Waals surface area contributed by atoms with E-state index in [1.807, 2.05) is 24.3 Å². The highest BCUT2D eigenvalue weighted by Gasteiger charge is 2.17. The molecular formula is C14H12F2IN. The molecule has 0 radical (unpaired) electrons. The molecule has 0 aliphatic heterocycles. The zero-order valence-corrected chi connectivity index (χ0v) is 11.9. The van der Waals surface area contributed by atoms with E-state index >= 15 is 0 Å². The van der Waals surface area contributed by atoms with Crippen molar-refractivity contribution in [3.63, 3.8) is 0 Å². The molecule has 0 amide bonds. The molecule has 2 rings (SSSR count). The van der Waals surface area contributed by atoms with Crippen molar-refractivity contribution in [2.75, 3.05) is 7.05 Å². The molecule has 0 aliphatic carbocycles. The predicted octanol–water partition coefficient (Wildman–Crippen LogP) is 3.88. The summed E-state index contributed by atoms with van der Waals surface area (Å²) in [6.07, 6.45) is 0. The Labute approximate surface area is 118 Å². The molecule has 1 unspecified atom stereocenters. The fourth-order valence-electron chi connectivity index (χ4n) is 1.92. The molecule has 1 atom stereocenters. The number of nitrogens with one attached hydrogen (secondary N) is 1. The van der Waals surface area contributed by atoms with Crippen molar-refractivity contribution >= 4 is 22.6 Å². The number of halogens is 3. The Balaban J connectivity index is 2.48. The normalized spacial score (nSPS) is 12.4. The Bertz CT molecular complexity index is 557. The molecule has 0 fully saturated rings. The van der Waals surface area contributed by atoms with Crippen LogP contribution in [0, 0.1) is 15.2 Å². The van der Waals surface area contributed by atoms with Crippen LogP contribution in [0.1, 0.15) is 17.2 Å². The predicted molar refractivity (Wildman–Crippen MR) is 76.4 cm³/mol. The molecule has 0 aliphatic rings. The molecule has 1 N–H and O–H groups in total. The average molecular weight is 359 g/mol. The molecular weight excluding hydrogens is 347 g/mol. The maximum absolute atomic E-state index is 13.8. The van der Waals surface area contributed by atoms with E-state index in [0.717, 1.165) is 21.3 Å². The second-order valence-corrected chi connectivity index (χ2v) is 5.19. The van der Waals surface area contributed by atoms with Crippen LogP contribution in [0.15, 0.2) is 42.5 Å². The Morgan fingerprint density at radius 1 is 1.11 bits per heavy atom. The summed E-state index contributed by atoms with van der Waals surface area (Å²) in [5.41, 5.74) is 1.23. The second kappa shape index (κ2) is 5.75.